The van der Waals surface area contributed by atoms with Crippen molar-refractivity contribution in [3.8, 4) is 0 Å². The van der Waals surface area contributed by atoms with Crippen molar-refractivity contribution in [2.75, 3.05) is 26.4 Å². The summed E-state index contributed by atoms with van der Waals surface area (Å²) < 4.78 is 10.9. The van der Waals surface area contributed by atoms with E-state index in [1.165, 1.54) is 0 Å². The summed E-state index contributed by atoms with van der Waals surface area (Å²) in [5.74, 6) is 0. The zero-order valence-corrected chi connectivity index (χ0v) is 10.0. The molecule has 1 N–H and O–H groups in total. The second kappa shape index (κ2) is 9.44. The average molecular weight is 203 g/mol. The standard InChI is InChI=1S/C11H25NO2/c1-5-12-10(3)7-8-14-11(4)9-13-6-2/h10-12H,5-9H2,1-4H3. The van der Waals surface area contributed by atoms with Crippen LogP contribution in [0, 0.1) is 0 Å². The monoisotopic (exact) mass is 203 g/mol. The maximum Gasteiger partial charge on any atom is 0.0780 e. The topological polar surface area (TPSA) is 30.5 Å². The lowest BCUT2D eigenvalue weighted by Gasteiger charge is -2.15. The maximum absolute atomic E-state index is 5.60. The van der Waals surface area contributed by atoms with Gasteiger partial charge in [-0.1, -0.05) is 6.92 Å². The van der Waals surface area contributed by atoms with Gasteiger partial charge in [0.2, 0.25) is 0 Å². The van der Waals surface area contributed by atoms with Crippen LogP contribution < -0.4 is 5.32 Å². The first kappa shape index (κ1) is 13.9. The zero-order valence-electron chi connectivity index (χ0n) is 10.0. The molecule has 14 heavy (non-hydrogen) atoms. The molecular weight excluding hydrogens is 178 g/mol. The van der Waals surface area contributed by atoms with Gasteiger partial charge in [-0.15, -0.1) is 0 Å². The molecule has 0 saturated carbocycles. The van der Waals surface area contributed by atoms with Crippen LogP contribution in [0.25, 0.3) is 0 Å². The first-order valence-electron chi connectivity index (χ1n) is 5.63. The molecule has 0 heterocycles. The lowest BCUT2D eigenvalue weighted by Crippen LogP contribution is -2.28. The van der Waals surface area contributed by atoms with Crippen molar-refractivity contribution < 1.29 is 9.47 Å². The Morgan fingerprint density at radius 3 is 2.50 bits per heavy atom. The third-order valence-electron chi connectivity index (χ3n) is 2.06. The first-order valence-corrected chi connectivity index (χ1v) is 5.63. The van der Waals surface area contributed by atoms with E-state index < -0.39 is 0 Å². The summed E-state index contributed by atoms with van der Waals surface area (Å²) in [7, 11) is 0. The van der Waals surface area contributed by atoms with E-state index in [4.69, 9.17) is 9.47 Å². The fraction of sp³-hybridized carbons (Fsp3) is 1.00. The Morgan fingerprint density at radius 1 is 1.21 bits per heavy atom. The predicted molar refractivity (Wildman–Crippen MR) is 59.7 cm³/mol. The number of hydrogen-bond acceptors (Lipinski definition) is 3. The molecule has 3 heteroatoms. The molecule has 0 amide bonds. The van der Waals surface area contributed by atoms with E-state index >= 15 is 0 Å². The van der Waals surface area contributed by atoms with Crippen molar-refractivity contribution in [3.63, 3.8) is 0 Å². The molecule has 0 aliphatic heterocycles. The molecular formula is C11H25NO2. The van der Waals surface area contributed by atoms with Crippen molar-refractivity contribution >= 4 is 0 Å². The zero-order chi connectivity index (χ0) is 10.8. The third kappa shape index (κ3) is 8.48. The van der Waals surface area contributed by atoms with E-state index in [1.807, 2.05) is 13.8 Å². The fourth-order valence-corrected chi connectivity index (χ4v) is 1.23. The van der Waals surface area contributed by atoms with Gasteiger partial charge in [-0.2, -0.15) is 0 Å². The molecule has 0 aliphatic rings. The van der Waals surface area contributed by atoms with Gasteiger partial charge in [0.05, 0.1) is 12.7 Å². The first-order chi connectivity index (χ1) is 6.70. The van der Waals surface area contributed by atoms with Crippen molar-refractivity contribution in [1.82, 2.24) is 5.32 Å². The quantitative estimate of drug-likeness (QED) is 0.620. The van der Waals surface area contributed by atoms with Gasteiger partial charge < -0.3 is 14.8 Å². The molecule has 0 aromatic heterocycles. The van der Waals surface area contributed by atoms with Crippen LogP contribution in [0.4, 0.5) is 0 Å². The smallest absolute Gasteiger partial charge is 0.0780 e. The molecule has 0 spiro atoms. The van der Waals surface area contributed by atoms with E-state index in [0.717, 1.165) is 26.2 Å². The van der Waals surface area contributed by atoms with Gasteiger partial charge in [-0.05, 0) is 33.7 Å². The molecule has 0 bridgehead atoms. The van der Waals surface area contributed by atoms with Gasteiger partial charge in [0.25, 0.3) is 0 Å². The largest absolute Gasteiger partial charge is 0.379 e. The van der Waals surface area contributed by atoms with Crippen molar-refractivity contribution in [2.45, 2.75) is 46.3 Å². The van der Waals surface area contributed by atoms with Crippen LogP contribution in [0.1, 0.15) is 34.1 Å². The highest BCUT2D eigenvalue weighted by Crippen LogP contribution is 1.96. The minimum Gasteiger partial charge on any atom is -0.379 e. The summed E-state index contributed by atoms with van der Waals surface area (Å²) in [4.78, 5) is 0. The summed E-state index contributed by atoms with van der Waals surface area (Å²) in [6.45, 7) is 11.6. The maximum atomic E-state index is 5.60. The summed E-state index contributed by atoms with van der Waals surface area (Å²) in [6.07, 6.45) is 1.27. The molecule has 2 atom stereocenters. The van der Waals surface area contributed by atoms with Gasteiger partial charge in [0, 0.05) is 19.3 Å². The Kier molecular flexibility index (Phi) is 9.35. The Hall–Kier alpha value is -0.120. The molecule has 0 aliphatic carbocycles. The summed E-state index contributed by atoms with van der Waals surface area (Å²) in [5.41, 5.74) is 0. The molecule has 3 nitrogen and oxygen atoms in total. The number of rotatable bonds is 9. The van der Waals surface area contributed by atoms with Crippen LogP contribution >= 0.6 is 0 Å². The normalized spacial score (nSPS) is 15.4. The molecule has 0 fully saturated rings. The van der Waals surface area contributed by atoms with Crippen molar-refractivity contribution in [1.29, 1.82) is 0 Å². The summed E-state index contributed by atoms with van der Waals surface area (Å²) in [5, 5.41) is 3.35. The second-order valence-electron chi connectivity index (χ2n) is 3.59. The summed E-state index contributed by atoms with van der Waals surface area (Å²) in [6, 6.07) is 0.541. The van der Waals surface area contributed by atoms with Crippen LogP contribution in [0.5, 0.6) is 0 Å². The van der Waals surface area contributed by atoms with Crippen LogP contribution in [-0.2, 0) is 9.47 Å². The van der Waals surface area contributed by atoms with Gasteiger partial charge >= 0.3 is 0 Å². The highest BCUT2D eigenvalue weighted by molar-refractivity contribution is 4.58. The van der Waals surface area contributed by atoms with Gasteiger partial charge in [-0.3, -0.25) is 0 Å². The second-order valence-corrected chi connectivity index (χ2v) is 3.59. The highest BCUT2D eigenvalue weighted by Gasteiger charge is 2.03. The van der Waals surface area contributed by atoms with E-state index in [2.05, 4.69) is 19.2 Å². The molecule has 0 aromatic rings. The van der Waals surface area contributed by atoms with Crippen molar-refractivity contribution in [3.05, 3.63) is 0 Å². The molecule has 0 aromatic carbocycles. The van der Waals surface area contributed by atoms with Crippen LogP contribution in [0.15, 0.2) is 0 Å². The third-order valence-corrected chi connectivity index (χ3v) is 2.06. The highest BCUT2D eigenvalue weighted by atomic mass is 16.5. The summed E-state index contributed by atoms with van der Waals surface area (Å²) >= 11 is 0. The predicted octanol–water partition coefficient (Wildman–Crippen LogP) is 1.82. The fourth-order valence-electron chi connectivity index (χ4n) is 1.23. The van der Waals surface area contributed by atoms with Crippen LogP contribution in [0.2, 0.25) is 0 Å². The van der Waals surface area contributed by atoms with Gasteiger partial charge in [0.15, 0.2) is 0 Å². The SMILES string of the molecule is CCNC(C)CCOC(C)COCC. The molecule has 86 valence electrons. The Balaban J connectivity index is 3.25. The minimum atomic E-state index is 0.212. The van der Waals surface area contributed by atoms with Gasteiger partial charge in [0.1, 0.15) is 0 Å². The minimum absolute atomic E-state index is 0.212. The van der Waals surface area contributed by atoms with Crippen molar-refractivity contribution in [2.24, 2.45) is 0 Å². The van der Waals surface area contributed by atoms with E-state index in [1.54, 1.807) is 0 Å². The molecule has 0 radical (unpaired) electrons. The van der Waals surface area contributed by atoms with Crippen LogP contribution in [-0.4, -0.2) is 38.5 Å². The number of hydrogen-bond donors (Lipinski definition) is 1. The van der Waals surface area contributed by atoms with Gasteiger partial charge in [-0.25, -0.2) is 0 Å². The molecule has 0 saturated heterocycles. The van der Waals surface area contributed by atoms with Crippen LogP contribution in [0.3, 0.4) is 0 Å². The Morgan fingerprint density at radius 2 is 1.93 bits per heavy atom. The Labute approximate surface area is 88.2 Å². The molecule has 0 rings (SSSR count). The number of nitrogens with one attached hydrogen (secondary N) is 1. The van der Waals surface area contributed by atoms with E-state index in [-0.39, 0.29) is 6.10 Å². The average Bonchev–Trinajstić information content (AvgIpc) is 2.15. The lowest BCUT2D eigenvalue weighted by atomic mass is 10.2. The number of ether oxygens (including phenoxy) is 2. The van der Waals surface area contributed by atoms with E-state index in [0.29, 0.717) is 12.6 Å². The lowest BCUT2D eigenvalue weighted by molar-refractivity contribution is -0.00582. The molecule has 2 unspecified atom stereocenters. The van der Waals surface area contributed by atoms with E-state index in [9.17, 15) is 0 Å². The Bertz CT molecular complexity index is 120.